The van der Waals surface area contributed by atoms with Gasteiger partial charge in [0.1, 0.15) is 0 Å². The first-order valence-electron chi connectivity index (χ1n) is 10.0. The van der Waals surface area contributed by atoms with Crippen molar-refractivity contribution in [1.82, 2.24) is 25.1 Å². The van der Waals surface area contributed by atoms with Crippen LogP contribution in [0.5, 0.6) is 0 Å². The van der Waals surface area contributed by atoms with Crippen LogP contribution in [0.15, 0.2) is 34.9 Å². The maximum atomic E-state index is 5.93. The van der Waals surface area contributed by atoms with E-state index in [4.69, 9.17) is 10.3 Å². The molecule has 2 N–H and O–H groups in total. The van der Waals surface area contributed by atoms with Crippen molar-refractivity contribution < 1.29 is 4.52 Å². The van der Waals surface area contributed by atoms with Crippen LogP contribution in [0.3, 0.4) is 0 Å². The molecule has 0 amide bonds. The van der Waals surface area contributed by atoms with Crippen molar-refractivity contribution in [3.63, 3.8) is 0 Å². The Morgan fingerprint density at radius 2 is 1.80 bits per heavy atom. The highest BCUT2D eigenvalue weighted by Crippen LogP contribution is 2.29. The topological polar surface area (TPSA) is 110 Å². The number of thioether (sulfide) groups is 1. The number of anilines is 4. The molecule has 1 aliphatic rings. The number of hydrogen-bond donors (Lipinski definition) is 1. The zero-order chi connectivity index (χ0) is 21.1. The van der Waals surface area contributed by atoms with Gasteiger partial charge in [-0.05, 0) is 30.2 Å². The predicted molar refractivity (Wildman–Crippen MR) is 120 cm³/mol. The van der Waals surface area contributed by atoms with Crippen LogP contribution in [0.25, 0.3) is 11.6 Å². The van der Waals surface area contributed by atoms with Gasteiger partial charge >= 0.3 is 6.01 Å². The average molecular weight is 427 g/mol. The summed E-state index contributed by atoms with van der Waals surface area (Å²) >= 11 is 2.04. The van der Waals surface area contributed by atoms with Gasteiger partial charge in [-0.2, -0.15) is 31.7 Å². The minimum Gasteiger partial charge on any atom is -0.368 e. The van der Waals surface area contributed by atoms with Crippen LogP contribution in [0.2, 0.25) is 0 Å². The Balaban J connectivity index is 1.50. The van der Waals surface area contributed by atoms with Gasteiger partial charge in [0.25, 0.3) is 0 Å². The van der Waals surface area contributed by atoms with E-state index in [2.05, 4.69) is 43.8 Å². The van der Waals surface area contributed by atoms with Crippen molar-refractivity contribution in [2.24, 2.45) is 0 Å². The third-order valence-corrected chi connectivity index (χ3v) is 6.28. The van der Waals surface area contributed by atoms with Gasteiger partial charge in [-0.1, -0.05) is 37.2 Å². The Morgan fingerprint density at radius 3 is 2.50 bits per heavy atom. The van der Waals surface area contributed by atoms with Crippen molar-refractivity contribution in [1.29, 1.82) is 0 Å². The SMILES string of the molecule is CC(C)SC1CCN(c2nc(-c3nc(N)nc(N(C)c4ccccc4)n3)no2)CC1. The lowest BCUT2D eigenvalue weighted by Gasteiger charge is -2.30. The maximum absolute atomic E-state index is 5.93. The van der Waals surface area contributed by atoms with E-state index in [1.807, 2.05) is 54.0 Å². The molecule has 10 heteroatoms. The monoisotopic (exact) mass is 426 g/mol. The molecular formula is C20H26N8OS. The lowest BCUT2D eigenvalue weighted by atomic mass is 10.1. The number of piperidine rings is 1. The van der Waals surface area contributed by atoms with Gasteiger partial charge in [0.05, 0.1) is 0 Å². The van der Waals surface area contributed by atoms with Gasteiger partial charge < -0.3 is 20.1 Å². The fraction of sp³-hybridized carbons (Fsp3) is 0.450. The van der Waals surface area contributed by atoms with Gasteiger partial charge in [-0.25, -0.2) is 0 Å². The second-order valence-corrected chi connectivity index (χ2v) is 9.37. The molecule has 0 bridgehead atoms. The van der Waals surface area contributed by atoms with Crippen LogP contribution < -0.4 is 15.5 Å². The molecule has 0 radical (unpaired) electrons. The van der Waals surface area contributed by atoms with Gasteiger partial charge in [0.2, 0.25) is 23.5 Å². The molecule has 0 saturated carbocycles. The van der Waals surface area contributed by atoms with E-state index < -0.39 is 0 Å². The molecule has 1 aliphatic heterocycles. The van der Waals surface area contributed by atoms with Gasteiger partial charge in [0.15, 0.2) is 0 Å². The Hall–Kier alpha value is -2.88. The van der Waals surface area contributed by atoms with Crippen LogP contribution >= 0.6 is 11.8 Å². The summed E-state index contributed by atoms with van der Waals surface area (Å²) in [5.74, 6) is 1.12. The summed E-state index contributed by atoms with van der Waals surface area (Å²) in [7, 11) is 1.87. The Labute approximate surface area is 180 Å². The third-order valence-electron chi connectivity index (χ3n) is 4.88. The minimum atomic E-state index is 0.107. The van der Waals surface area contributed by atoms with E-state index in [0.717, 1.165) is 31.6 Å². The molecule has 0 spiro atoms. The highest BCUT2D eigenvalue weighted by atomic mass is 32.2. The zero-order valence-electron chi connectivity index (χ0n) is 17.4. The number of rotatable bonds is 6. The van der Waals surface area contributed by atoms with E-state index in [9.17, 15) is 0 Å². The summed E-state index contributed by atoms with van der Waals surface area (Å²) in [6, 6.07) is 10.3. The molecule has 158 valence electrons. The Kier molecular flexibility index (Phi) is 6.03. The summed E-state index contributed by atoms with van der Waals surface area (Å²) in [5, 5.41) is 5.41. The highest BCUT2D eigenvalue weighted by Gasteiger charge is 2.25. The Bertz CT molecular complexity index is 972. The van der Waals surface area contributed by atoms with Crippen LogP contribution in [-0.4, -0.2) is 55.7 Å². The summed E-state index contributed by atoms with van der Waals surface area (Å²) in [4.78, 5) is 21.4. The summed E-state index contributed by atoms with van der Waals surface area (Å²) in [5.41, 5.74) is 6.86. The van der Waals surface area contributed by atoms with Crippen molar-refractivity contribution in [3.05, 3.63) is 30.3 Å². The first-order valence-corrected chi connectivity index (χ1v) is 11.0. The molecule has 0 aliphatic carbocycles. The number of para-hydroxylation sites is 1. The first-order chi connectivity index (χ1) is 14.5. The molecule has 1 fully saturated rings. The van der Waals surface area contributed by atoms with Crippen LogP contribution in [0, 0.1) is 0 Å². The number of nitrogens with two attached hydrogens (primary N) is 1. The lowest BCUT2D eigenvalue weighted by Crippen LogP contribution is -2.35. The molecule has 9 nitrogen and oxygen atoms in total. The van der Waals surface area contributed by atoms with Crippen molar-refractivity contribution in [2.75, 3.05) is 35.7 Å². The second-order valence-electron chi connectivity index (χ2n) is 7.48. The normalized spacial score (nSPS) is 15.0. The largest absolute Gasteiger partial charge is 0.368 e. The van der Waals surface area contributed by atoms with Gasteiger partial charge in [-0.15, -0.1) is 0 Å². The molecule has 3 aromatic rings. The number of benzene rings is 1. The van der Waals surface area contributed by atoms with E-state index in [-0.39, 0.29) is 5.95 Å². The fourth-order valence-electron chi connectivity index (χ4n) is 3.40. The summed E-state index contributed by atoms with van der Waals surface area (Å²) < 4.78 is 5.50. The second kappa shape index (κ2) is 8.86. The average Bonchev–Trinajstić information content (AvgIpc) is 3.24. The van der Waals surface area contributed by atoms with Gasteiger partial charge in [0, 0.05) is 31.1 Å². The maximum Gasteiger partial charge on any atom is 0.324 e. The number of nitrogens with zero attached hydrogens (tertiary/aromatic N) is 7. The number of hydrogen-bond acceptors (Lipinski definition) is 10. The quantitative estimate of drug-likeness (QED) is 0.629. The van der Waals surface area contributed by atoms with E-state index in [1.165, 1.54) is 0 Å². The predicted octanol–water partition coefficient (Wildman–Crippen LogP) is 3.38. The summed E-state index contributed by atoms with van der Waals surface area (Å²) in [6.07, 6.45) is 2.20. The molecule has 2 aromatic heterocycles. The van der Waals surface area contributed by atoms with Crippen LogP contribution in [0.4, 0.5) is 23.6 Å². The van der Waals surface area contributed by atoms with Crippen molar-refractivity contribution >= 4 is 35.4 Å². The zero-order valence-corrected chi connectivity index (χ0v) is 18.2. The number of nitrogen functional groups attached to an aromatic ring is 1. The standard InChI is InChI=1S/C20H26N8OS/c1-13(2)30-15-9-11-28(12-10-15)20-24-17(26-29-20)16-22-18(21)25-19(23-16)27(3)14-7-5-4-6-8-14/h4-8,13,15H,9-12H2,1-3H3,(H2,21,22,23,25). The molecule has 1 saturated heterocycles. The highest BCUT2D eigenvalue weighted by molar-refractivity contribution is 8.00. The van der Waals surface area contributed by atoms with Crippen molar-refractivity contribution in [3.8, 4) is 11.6 Å². The summed E-state index contributed by atoms with van der Waals surface area (Å²) in [6.45, 7) is 6.27. The van der Waals surface area contributed by atoms with E-state index in [1.54, 1.807) is 0 Å². The molecule has 0 unspecified atom stereocenters. The molecule has 0 atom stereocenters. The molecule has 3 heterocycles. The smallest absolute Gasteiger partial charge is 0.324 e. The first kappa shape index (κ1) is 20.4. The van der Waals surface area contributed by atoms with Crippen molar-refractivity contribution in [2.45, 2.75) is 37.2 Å². The van der Waals surface area contributed by atoms with E-state index >= 15 is 0 Å². The fourth-order valence-corrected chi connectivity index (χ4v) is 4.65. The van der Waals surface area contributed by atoms with Crippen LogP contribution in [0.1, 0.15) is 26.7 Å². The van der Waals surface area contributed by atoms with Gasteiger partial charge in [-0.3, -0.25) is 0 Å². The molecular weight excluding hydrogens is 400 g/mol. The molecule has 1 aromatic carbocycles. The lowest BCUT2D eigenvalue weighted by molar-refractivity contribution is 0.404. The minimum absolute atomic E-state index is 0.107. The number of aromatic nitrogens is 5. The Morgan fingerprint density at radius 1 is 1.07 bits per heavy atom. The third kappa shape index (κ3) is 4.64. The molecule has 4 rings (SSSR count). The van der Waals surface area contributed by atoms with E-state index in [0.29, 0.717) is 34.1 Å². The van der Waals surface area contributed by atoms with Crippen LogP contribution in [-0.2, 0) is 0 Å². The molecule has 30 heavy (non-hydrogen) atoms.